The van der Waals surface area contributed by atoms with Crippen molar-refractivity contribution in [2.45, 2.75) is 39.5 Å². The van der Waals surface area contributed by atoms with E-state index in [-0.39, 0.29) is 38.3 Å². The predicted molar refractivity (Wildman–Crippen MR) is 67.4 cm³/mol. The number of esters is 2. The van der Waals surface area contributed by atoms with Gasteiger partial charge in [-0.15, -0.1) is 0 Å². The number of halogens is 2. The Morgan fingerprint density at radius 2 is 1.80 bits per heavy atom. The molecule has 0 spiro atoms. The fraction of sp³-hybridized carbons (Fsp3) is 0.846. The largest absolute Gasteiger partial charge is 0.464 e. The van der Waals surface area contributed by atoms with Gasteiger partial charge in [-0.05, 0) is 13.3 Å². The molecule has 7 heteroatoms. The molecular weight excluding hydrogens is 274 g/mol. The Hall–Kier alpha value is -1.24. The Labute approximate surface area is 117 Å². The number of hydrogen-bond acceptors (Lipinski definition) is 5. The second kappa shape index (κ2) is 9.63. The van der Waals surface area contributed by atoms with Gasteiger partial charge < -0.3 is 14.2 Å². The molecule has 0 bridgehead atoms. The molecule has 20 heavy (non-hydrogen) atoms. The number of rotatable bonds is 10. The van der Waals surface area contributed by atoms with Crippen molar-refractivity contribution in [1.29, 1.82) is 0 Å². The summed E-state index contributed by atoms with van der Waals surface area (Å²) in [7, 11) is 0. The molecule has 1 unspecified atom stereocenters. The van der Waals surface area contributed by atoms with Crippen LogP contribution in [-0.2, 0) is 23.8 Å². The Balaban J connectivity index is 3.51. The molecule has 0 aliphatic heterocycles. The number of carbonyl (C=O) groups excluding carboxylic acids is 2. The Bertz CT molecular complexity index is 302. The maximum atomic E-state index is 12.4. The van der Waals surface area contributed by atoms with Crippen molar-refractivity contribution in [3.8, 4) is 0 Å². The number of alkyl halides is 2. The van der Waals surface area contributed by atoms with Crippen molar-refractivity contribution < 1.29 is 32.6 Å². The van der Waals surface area contributed by atoms with Crippen LogP contribution in [0, 0.1) is 5.92 Å². The van der Waals surface area contributed by atoms with E-state index in [2.05, 4.69) is 4.74 Å². The van der Waals surface area contributed by atoms with Crippen molar-refractivity contribution >= 4 is 11.9 Å². The molecule has 0 rings (SSSR count). The summed E-state index contributed by atoms with van der Waals surface area (Å²) in [6, 6.07) is 0. The molecule has 5 nitrogen and oxygen atoms in total. The number of ether oxygens (including phenoxy) is 3. The Kier molecular flexibility index (Phi) is 9.03. The van der Waals surface area contributed by atoms with Gasteiger partial charge in [0.25, 0.3) is 0 Å². The highest BCUT2D eigenvalue weighted by Gasteiger charge is 2.21. The molecule has 0 amide bonds. The second-order valence-electron chi connectivity index (χ2n) is 4.57. The Morgan fingerprint density at radius 3 is 2.35 bits per heavy atom. The lowest BCUT2D eigenvalue weighted by Crippen LogP contribution is -2.21. The van der Waals surface area contributed by atoms with Crippen molar-refractivity contribution in [2.75, 3.05) is 26.4 Å². The third-order valence-corrected chi connectivity index (χ3v) is 2.51. The van der Waals surface area contributed by atoms with Crippen LogP contribution in [0.3, 0.4) is 0 Å². The van der Waals surface area contributed by atoms with E-state index < -0.39 is 18.3 Å². The molecule has 0 heterocycles. The summed E-state index contributed by atoms with van der Waals surface area (Å²) in [5, 5.41) is 0. The maximum Gasteiger partial charge on any atom is 0.332 e. The van der Waals surface area contributed by atoms with Gasteiger partial charge in [0.1, 0.15) is 13.2 Å². The second-order valence-corrected chi connectivity index (χ2v) is 4.57. The zero-order valence-corrected chi connectivity index (χ0v) is 12.1. The summed E-state index contributed by atoms with van der Waals surface area (Å²) >= 11 is 0. The molecule has 0 aromatic carbocycles. The lowest BCUT2D eigenvalue weighted by atomic mass is 10.1. The molecule has 0 aromatic rings. The SMILES string of the molecule is CCC(C)C(=O)OCCOCC(=O)OCCC(C)(F)F. The molecule has 0 saturated heterocycles. The quantitative estimate of drug-likeness (QED) is 0.457. The maximum absolute atomic E-state index is 12.4. The first-order chi connectivity index (χ1) is 9.26. The van der Waals surface area contributed by atoms with Crippen LogP contribution in [0.25, 0.3) is 0 Å². The smallest absolute Gasteiger partial charge is 0.332 e. The molecule has 0 aliphatic rings. The highest BCUT2D eigenvalue weighted by atomic mass is 19.3. The monoisotopic (exact) mass is 296 g/mol. The van der Waals surface area contributed by atoms with Crippen LogP contribution in [0.2, 0.25) is 0 Å². The van der Waals surface area contributed by atoms with Crippen LogP contribution >= 0.6 is 0 Å². The lowest BCUT2D eigenvalue weighted by molar-refractivity contribution is -0.153. The molecule has 1 atom stereocenters. The zero-order valence-electron chi connectivity index (χ0n) is 12.1. The summed E-state index contributed by atoms with van der Waals surface area (Å²) in [5.41, 5.74) is 0. The first kappa shape index (κ1) is 18.8. The van der Waals surface area contributed by atoms with E-state index in [1.165, 1.54) is 0 Å². The predicted octanol–water partition coefficient (Wildman–Crippen LogP) is 2.18. The summed E-state index contributed by atoms with van der Waals surface area (Å²) in [5.74, 6) is -4.06. The molecule has 0 fully saturated rings. The van der Waals surface area contributed by atoms with Gasteiger partial charge >= 0.3 is 11.9 Å². The van der Waals surface area contributed by atoms with Crippen molar-refractivity contribution in [2.24, 2.45) is 5.92 Å². The summed E-state index contributed by atoms with van der Waals surface area (Å²) in [6.45, 7) is 3.78. The minimum atomic E-state index is -2.86. The fourth-order valence-electron chi connectivity index (χ4n) is 1.05. The summed E-state index contributed by atoms with van der Waals surface area (Å²) in [4.78, 5) is 22.3. The number of hydrogen-bond donors (Lipinski definition) is 0. The normalized spacial score (nSPS) is 12.8. The molecule has 0 aromatic heterocycles. The average Bonchev–Trinajstić information content (AvgIpc) is 2.35. The summed E-state index contributed by atoms with van der Waals surface area (Å²) < 4.78 is 39.2. The minimum absolute atomic E-state index is 0.0451. The van der Waals surface area contributed by atoms with E-state index in [4.69, 9.17) is 9.47 Å². The molecule has 0 saturated carbocycles. The van der Waals surface area contributed by atoms with Gasteiger partial charge in [-0.3, -0.25) is 4.79 Å². The van der Waals surface area contributed by atoms with Gasteiger partial charge in [0, 0.05) is 6.42 Å². The lowest BCUT2D eigenvalue weighted by Gasteiger charge is -2.11. The van der Waals surface area contributed by atoms with E-state index >= 15 is 0 Å². The van der Waals surface area contributed by atoms with Crippen LogP contribution in [0.1, 0.15) is 33.6 Å². The Morgan fingerprint density at radius 1 is 1.15 bits per heavy atom. The third kappa shape index (κ3) is 10.7. The minimum Gasteiger partial charge on any atom is -0.464 e. The molecule has 0 N–H and O–H groups in total. The van der Waals surface area contributed by atoms with Crippen molar-refractivity contribution in [1.82, 2.24) is 0 Å². The van der Waals surface area contributed by atoms with Gasteiger partial charge in [0.2, 0.25) is 5.92 Å². The summed E-state index contributed by atoms with van der Waals surface area (Å²) in [6.07, 6.45) is 0.166. The highest BCUT2D eigenvalue weighted by molar-refractivity contribution is 5.72. The molecule has 118 valence electrons. The van der Waals surface area contributed by atoms with Crippen LogP contribution in [-0.4, -0.2) is 44.3 Å². The third-order valence-electron chi connectivity index (χ3n) is 2.51. The van der Waals surface area contributed by atoms with Gasteiger partial charge in [0.15, 0.2) is 0 Å². The average molecular weight is 296 g/mol. The topological polar surface area (TPSA) is 61.8 Å². The zero-order chi connectivity index (χ0) is 15.6. The highest BCUT2D eigenvalue weighted by Crippen LogP contribution is 2.15. The van der Waals surface area contributed by atoms with Crippen molar-refractivity contribution in [3.63, 3.8) is 0 Å². The van der Waals surface area contributed by atoms with Gasteiger partial charge in [0.05, 0.1) is 19.1 Å². The van der Waals surface area contributed by atoms with Crippen LogP contribution in [0.4, 0.5) is 8.78 Å². The van der Waals surface area contributed by atoms with E-state index in [1.807, 2.05) is 6.92 Å². The van der Waals surface area contributed by atoms with E-state index in [9.17, 15) is 18.4 Å². The van der Waals surface area contributed by atoms with E-state index in [0.29, 0.717) is 6.42 Å². The van der Waals surface area contributed by atoms with Crippen LogP contribution in [0.15, 0.2) is 0 Å². The molecular formula is C13H22F2O5. The van der Waals surface area contributed by atoms with Gasteiger partial charge in [-0.2, -0.15) is 0 Å². The van der Waals surface area contributed by atoms with Crippen molar-refractivity contribution in [3.05, 3.63) is 0 Å². The number of carbonyl (C=O) groups is 2. The molecule has 0 radical (unpaired) electrons. The molecule has 0 aliphatic carbocycles. The van der Waals surface area contributed by atoms with Crippen LogP contribution in [0.5, 0.6) is 0 Å². The first-order valence-electron chi connectivity index (χ1n) is 6.54. The van der Waals surface area contributed by atoms with Gasteiger partial charge in [-0.1, -0.05) is 13.8 Å². The van der Waals surface area contributed by atoms with Crippen LogP contribution < -0.4 is 0 Å². The van der Waals surface area contributed by atoms with E-state index in [1.54, 1.807) is 6.92 Å². The van der Waals surface area contributed by atoms with Gasteiger partial charge in [-0.25, -0.2) is 13.6 Å². The fourth-order valence-corrected chi connectivity index (χ4v) is 1.05. The van der Waals surface area contributed by atoms with E-state index in [0.717, 1.165) is 6.92 Å². The standard InChI is InChI=1S/C13H22F2O5/c1-4-10(2)12(17)20-8-7-18-9-11(16)19-6-5-13(3,14)15/h10H,4-9H2,1-3H3. The first-order valence-corrected chi connectivity index (χ1v) is 6.54.